The zero-order chi connectivity index (χ0) is 21.7. The van der Waals surface area contributed by atoms with E-state index in [4.69, 9.17) is 0 Å². The van der Waals surface area contributed by atoms with Crippen LogP contribution in [0.5, 0.6) is 0 Å². The van der Waals surface area contributed by atoms with Gasteiger partial charge in [0.25, 0.3) is 0 Å². The molecule has 1 aliphatic carbocycles. The summed E-state index contributed by atoms with van der Waals surface area (Å²) < 4.78 is 0. The quantitative estimate of drug-likeness (QED) is 0.751. The molecule has 0 radical (unpaired) electrons. The van der Waals surface area contributed by atoms with Crippen LogP contribution in [0.15, 0.2) is 18.2 Å². The van der Waals surface area contributed by atoms with E-state index in [1.54, 1.807) is 0 Å². The molecule has 1 saturated heterocycles. The van der Waals surface area contributed by atoms with Crippen LogP contribution in [0.4, 0.5) is 5.69 Å². The number of benzene rings is 1. The highest BCUT2D eigenvalue weighted by Crippen LogP contribution is 2.29. The molecule has 2 N–H and O–H groups in total. The van der Waals surface area contributed by atoms with Crippen LogP contribution >= 0.6 is 0 Å². The molecule has 2 aliphatic rings. The molecule has 1 aliphatic heterocycles. The van der Waals surface area contributed by atoms with Crippen molar-refractivity contribution in [1.82, 2.24) is 15.1 Å². The number of nitrogens with zero attached hydrogens (tertiary/aromatic N) is 2. The van der Waals surface area contributed by atoms with E-state index >= 15 is 0 Å². The Morgan fingerprint density at radius 2 is 1.70 bits per heavy atom. The summed E-state index contributed by atoms with van der Waals surface area (Å²) in [4.78, 5) is 29.2. The molecule has 1 aromatic carbocycles. The zero-order valence-electron chi connectivity index (χ0n) is 19.0. The summed E-state index contributed by atoms with van der Waals surface area (Å²) in [6.07, 6.45) is 3.72. The summed E-state index contributed by atoms with van der Waals surface area (Å²) in [7, 11) is 0. The summed E-state index contributed by atoms with van der Waals surface area (Å²) >= 11 is 0. The maximum absolute atomic E-state index is 12.6. The van der Waals surface area contributed by atoms with E-state index in [-0.39, 0.29) is 11.8 Å². The summed E-state index contributed by atoms with van der Waals surface area (Å²) in [5, 5.41) is 6.56. The highest BCUT2D eigenvalue weighted by atomic mass is 16.2. The molecular formula is C24H38N4O2. The smallest absolute Gasteiger partial charge is 0.238 e. The first kappa shape index (κ1) is 22.8. The van der Waals surface area contributed by atoms with Gasteiger partial charge in [-0.2, -0.15) is 0 Å². The lowest BCUT2D eigenvalue weighted by Crippen LogP contribution is -2.53. The largest absolute Gasteiger partial charge is 0.339 e. The average molecular weight is 415 g/mol. The first-order valence-corrected chi connectivity index (χ1v) is 11.4. The number of anilines is 1. The predicted molar refractivity (Wildman–Crippen MR) is 122 cm³/mol. The number of nitrogens with one attached hydrogen (secondary N) is 2. The standard InChI is InChI=1S/C24H38N4O2/c1-17-7-6-10-21(20(17)4)25-15-23(30)28-13-11-27(12-14-28)16-22(29)26-24-18(2)8-5-9-19(24)3/h5,8-9,17,20-21,25H,6-7,10-16H2,1-4H3,(H,26,29). The molecule has 3 rings (SSSR count). The number of hydrogen-bond acceptors (Lipinski definition) is 4. The number of piperazine rings is 1. The summed E-state index contributed by atoms with van der Waals surface area (Å²) in [6.45, 7) is 12.3. The van der Waals surface area contributed by atoms with Gasteiger partial charge in [0.05, 0.1) is 13.1 Å². The fourth-order valence-corrected chi connectivity index (χ4v) is 4.75. The lowest BCUT2D eigenvalue weighted by molar-refractivity contribution is -0.132. The number of amides is 2. The monoisotopic (exact) mass is 414 g/mol. The number of carbonyl (C=O) groups is 2. The fourth-order valence-electron chi connectivity index (χ4n) is 4.75. The lowest BCUT2D eigenvalue weighted by Gasteiger charge is -2.37. The Morgan fingerprint density at radius 1 is 1.03 bits per heavy atom. The van der Waals surface area contributed by atoms with E-state index < -0.39 is 0 Å². The van der Waals surface area contributed by atoms with Gasteiger partial charge in [0.1, 0.15) is 0 Å². The molecule has 2 fully saturated rings. The van der Waals surface area contributed by atoms with Crippen LogP contribution < -0.4 is 10.6 Å². The van der Waals surface area contributed by atoms with Crippen LogP contribution in [0.25, 0.3) is 0 Å². The Morgan fingerprint density at radius 3 is 2.37 bits per heavy atom. The van der Waals surface area contributed by atoms with E-state index in [9.17, 15) is 9.59 Å². The number of hydrogen-bond donors (Lipinski definition) is 2. The molecule has 1 aromatic rings. The summed E-state index contributed by atoms with van der Waals surface area (Å²) in [6, 6.07) is 6.47. The number of aryl methyl sites for hydroxylation is 2. The molecule has 0 aromatic heterocycles. The molecular weight excluding hydrogens is 376 g/mol. The summed E-state index contributed by atoms with van der Waals surface area (Å²) in [5.74, 6) is 1.54. The molecule has 1 saturated carbocycles. The second kappa shape index (κ2) is 10.4. The molecule has 1 heterocycles. The van der Waals surface area contributed by atoms with Crippen molar-refractivity contribution < 1.29 is 9.59 Å². The molecule has 3 unspecified atom stereocenters. The molecule has 3 atom stereocenters. The Kier molecular flexibility index (Phi) is 7.89. The minimum atomic E-state index is 0.00856. The first-order chi connectivity index (χ1) is 14.3. The van der Waals surface area contributed by atoms with Crippen molar-refractivity contribution in [3.63, 3.8) is 0 Å². The van der Waals surface area contributed by atoms with Gasteiger partial charge in [0.15, 0.2) is 0 Å². The Hall–Kier alpha value is -1.92. The van der Waals surface area contributed by atoms with Crippen LogP contribution in [-0.2, 0) is 9.59 Å². The van der Waals surface area contributed by atoms with Crippen molar-refractivity contribution in [1.29, 1.82) is 0 Å². The number of carbonyl (C=O) groups excluding carboxylic acids is 2. The Balaban J connectivity index is 1.40. The lowest BCUT2D eigenvalue weighted by atomic mass is 9.78. The molecule has 6 heteroatoms. The Labute approximate surface area is 181 Å². The van der Waals surface area contributed by atoms with Crippen LogP contribution in [0.3, 0.4) is 0 Å². The van der Waals surface area contributed by atoms with Gasteiger partial charge in [-0.25, -0.2) is 0 Å². The zero-order valence-corrected chi connectivity index (χ0v) is 19.0. The first-order valence-electron chi connectivity index (χ1n) is 11.4. The second-order valence-corrected chi connectivity index (χ2v) is 9.23. The van der Waals surface area contributed by atoms with E-state index in [1.807, 2.05) is 36.9 Å². The molecule has 2 amide bonds. The van der Waals surface area contributed by atoms with Crippen LogP contribution in [0, 0.1) is 25.7 Å². The molecule has 6 nitrogen and oxygen atoms in total. The van der Waals surface area contributed by atoms with Crippen molar-refractivity contribution >= 4 is 17.5 Å². The van der Waals surface area contributed by atoms with E-state index in [2.05, 4.69) is 29.4 Å². The third-order valence-electron chi connectivity index (χ3n) is 7.06. The van der Waals surface area contributed by atoms with Crippen molar-refractivity contribution in [2.24, 2.45) is 11.8 Å². The maximum atomic E-state index is 12.6. The van der Waals surface area contributed by atoms with E-state index in [1.165, 1.54) is 19.3 Å². The van der Waals surface area contributed by atoms with Gasteiger partial charge < -0.3 is 15.5 Å². The average Bonchev–Trinajstić information content (AvgIpc) is 2.72. The second-order valence-electron chi connectivity index (χ2n) is 9.23. The fraction of sp³-hybridized carbons (Fsp3) is 0.667. The maximum Gasteiger partial charge on any atom is 0.238 e. The SMILES string of the molecule is Cc1cccc(C)c1NC(=O)CN1CCN(C(=O)CNC2CCCC(C)C2C)CC1. The minimum Gasteiger partial charge on any atom is -0.339 e. The van der Waals surface area contributed by atoms with Crippen molar-refractivity contribution in [3.8, 4) is 0 Å². The highest BCUT2D eigenvalue weighted by molar-refractivity contribution is 5.93. The third kappa shape index (κ3) is 5.82. The minimum absolute atomic E-state index is 0.00856. The number of rotatable bonds is 6. The van der Waals surface area contributed by atoms with Gasteiger partial charge in [-0.1, -0.05) is 44.9 Å². The van der Waals surface area contributed by atoms with Gasteiger partial charge in [0, 0.05) is 37.9 Å². The molecule has 0 spiro atoms. The van der Waals surface area contributed by atoms with Crippen molar-refractivity contribution in [2.45, 2.75) is 53.0 Å². The normalized spacial score (nSPS) is 25.2. The van der Waals surface area contributed by atoms with Crippen LogP contribution in [-0.4, -0.2) is 66.9 Å². The van der Waals surface area contributed by atoms with Crippen LogP contribution in [0.2, 0.25) is 0 Å². The predicted octanol–water partition coefficient (Wildman–Crippen LogP) is 2.80. The highest BCUT2D eigenvalue weighted by Gasteiger charge is 2.28. The number of para-hydroxylation sites is 1. The van der Waals surface area contributed by atoms with E-state index in [0.717, 1.165) is 35.8 Å². The van der Waals surface area contributed by atoms with Gasteiger partial charge in [-0.15, -0.1) is 0 Å². The molecule has 0 bridgehead atoms. The van der Waals surface area contributed by atoms with Gasteiger partial charge in [-0.3, -0.25) is 14.5 Å². The Bertz CT molecular complexity index is 722. The van der Waals surface area contributed by atoms with Crippen molar-refractivity contribution in [2.75, 3.05) is 44.6 Å². The topological polar surface area (TPSA) is 64.7 Å². The molecule has 166 valence electrons. The van der Waals surface area contributed by atoms with Gasteiger partial charge >= 0.3 is 0 Å². The molecule has 30 heavy (non-hydrogen) atoms. The van der Waals surface area contributed by atoms with E-state index in [0.29, 0.717) is 38.1 Å². The third-order valence-corrected chi connectivity index (χ3v) is 7.06. The summed E-state index contributed by atoms with van der Waals surface area (Å²) in [5.41, 5.74) is 3.06. The van der Waals surface area contributed by atoms with Crippen molar-refractivity contribution in [3.05, 3.63) is 29.3 Å². The van der Waals surface area contributed by atoms with Gasteiger partial charge in [-0.05, 0) is 43.2 Å². The van der Waals surface area contributed by atoms with Gasteiger partial charge in [0.2, 0.25) is 11.8 Å². The van der Waals surface area contributed by atoms with Crippen LogP contribution in [0.1, 0.15) is 44.2 Å².